The molecule has 1 aliphatic carbocycles. The van der Waals surface area contributed by atoms with Gasteiger partial charge in [0.05, 0.1) is 10.5 Å². The predicted molar refractivity (Wildman–Crippen MR) is 72.8 cm³/mol. The Morgan fingerprint density at radius 2 is 2.33 bits per heavy atom. The second kappa shape index (κ2) is 5.88. The van der Waals surface area contributed by atoms with Crippen LogP contribution in [0.1, 0.15) is 12.8 Å². The number of aromatic nitrogens is 1. The van der Waals surface area contributed by atoms with Crippen LogP contribution in [-0.4, -0.2) is 28.8 Å². The van der Waals surface area contributed by atoms with Crippen LogP contribution in [0.25, 0.3) is 0 Å². The molecule has 2 rings (SSSR count). The largest absolute Gasteiger partial charge is 0.475 e. The molecule has 0 bridgehead atoms. The Balaban J connectivity index is 1.94. The summed E-state index contributed by atoms with van der Waals surface area (Å²) in [5.41, 5.74) is 0. The van der Waals surface area contributed by atoms with Crippen molar-refractivity contribution in [1.82, 2.24) is 10.3 Å². The van der Waals surface area contributed by atoms with E-state index in [-0.39, 0.29) is 6.04 Å². The van der Waals surface area contributed by atoms with Crippen LogP contribution in [0, 0.1) is 5.92 Å². The van der Waals surface area contributed by atoms with E-state index in [0.29, 0.717) is 18.4 Å². The second-order valence-corrected chi connectivity index (χ2v) is 5.91. The average molecular weight is 380 g/mol. The molecule has 1 saturated carbocycles. The SMILES string of the molecule is O=C(O)N[C@H](COc1ncc(Br)cc1Br)C1CC1. The Bertz CT molecular complexity index is 452. The van der Waals surface area contributed by atoms with Crippen LogP contribution in [0.3, 0.4) is 0 Å². The predicted octanol–water partition coefficient (Wildman–Crippen LogP) is 3.03. The van der Waals surface area contributed by atoms with Gasteiger partial charge in [0.2, 0.25) is 5.88 Å². The molecule has 98 valence electrons. The number of carboxylic acid groups (broad SMARTS) is 1. The van der Waals surface area contributed by atoms with Crippen molar-refractivity contribution < 1.29 is 14.6 Å². The molecule has 1 aromatic heterocycles. The van der Waals surface area contributed by atoms with Gasteiger partial charge in [-0.3, -0.25) is 0 Å². The first-order chi connectivity index (χ1) is 8.56. The molecule has 0 radical (unpaired) electrons. The molecule has 1 fully saturated rings. The van der Waals surface area contributed by atoms with Gasteiger partial charge in [-0.2, -0.15) is 0 Å². The van der Waals surface area contributed by atoms with E-state index in [9.17, 15) is 4.79 Å². The van der Waals surface area contributed by atoms with E-state index in [1.54, 1.807) is 6.20 Å². The summed E-state index contributed by atoms with van der Waals surface area (Å²) >= 11 is 6.65. The Morgan fingerprint density at radius 3 is 2.89 bits per heavy atom. The molecule has 0 saturated heterocycles. The van der Waals surface area contributed by atoms with Gasteiger partial charge in [0.1, 0.15) is 6.61 Å². The van der Waals surface area contributed by atoms with Crippen LogP contribution in [0.4, 0.5) is 4.79 Å². The zero-order chi connectivity index (χ0) is 13.1. The first kappa shape index (κ1) is 13.6. The number of ether oxygens (including phenoxy) is 1. The molecule has 1 atom stereocenters. The lowest BCUT2D eigenvalue weighted by Gasteiger charge is -2.17. The maximum absolute atomic E-state index is 10.7. The van der Waals surface area contributed by atoms with Crippen molar-refractivity contribution in [2.45, 2.75) is 18.9 Å². The molecule has 7 heteroatoms. The molecule has 0 spiro atoms. The highest BCUT2D eigenvalue weighted by Crippen LogP contribution is 2.33. The lowest BCUT2D eigenvalue weighted by atomic mass is 10.2. The molecule has 18 heavy (non-hydrogen) atoms. The van der Waals surface area contributed by atoms with Crippen LogP contribution >= 0.6 is 31.9 Å². The van der Waals surface area contributed by atoms with Crippen molar-refractivity contribution in [3.63, 3.8) is 0 Å². The summed E-state index contributed by atoms with van der Waals surface area (Å²) in [7, 11) is 0. The normalized spacial score (nSPS) is 16.1. The maximum Gasteiger partial charge on any atom is 0.405 e. The third-order valence-electron chi connectivity index (χ3n) is 2.67. The summed E-state index contributed by atoms with van der Waals surface area (Å²) in [5.74, 6) is 0.853. The highest BCUT2D eigenvalue weighted by molar-refractivity contribution is 9.11. The quantitative estimate of drug-likeness (QED) is 0.824. The van der Waals surface area contributed by atoms with E-state index in [4.69, 9.17) is 9.84 Å². The minimum atomic E-state index is -1.02. The van der Waals surface area contributed by atoms with E-state index in [1.165, 1.54) is 0 Å². The van der Waals surface area contributed by atoms with Gasteiger partial charge in [-0.25, -0.2) is 9.78 Å². The zero-order valence-electron chi connectivity index (χ0n) is 9.40. The van der Waals surface area contributed by atoms with E-state index in [1.807, 2.05) is 6.07 Å². The summed E-state index contributed by atoms with van der Waals surface area (Å²) < 4.78 is 7.14. The Kier molecular flexibility index (Phi) is 4.45. The minimum Gasteiger partial charge on any atom is -0.475 e. The molecule has 0 aromatic carbocycles. The molecular formula is C11H12Br2N2O3. The molecule has 1 amide bonds. The van der Waals surface area contributed by atoms with E-state index in [0.717, 1.165) is 21.8 Å². The van der Waals surface area contributed by atoms with Gasteiger partial charge < -0.3 is 15.2 Å². The highest BCUT2D eigenvalue weighted by atomic mass is 79.9. The number of nitrogens with one attached hydrogen (secondary N) is 1. The van der Waals surface area contributed by atoms with Crippen LogP contribution in [0.15, 0.2) is 21.2 Å². The van der Waals surface area contributed by atoms with Gasteiger partial charge in [-0.15, -0.1) is 0 Å². The van der Waals surface area contributed by atoms with Crippen LogP contribution in [0.5, 0.6) is 5.88 Å². The first-order valence-corrected chi connectivity index (χ1v) is 7.08. The molecule has 1 aliphatic rings. The summed E-state index contributed by atoms with van der Waals surface area (Å²) in [5, 5.41) is 11.2. The number of amides is 1. The Morgan fingerprint density at radius 1 is 1.61 bits per heavy atom. The fourth-order valence-electron chi connectivity index (χ4n) is 1.63. The number of hydrogen-bond donors (Lipinski definition) is 2. The van der Waals surface area contributed by atoms with Crippen molar-refractivity contribution in [2.75, 3.05) is 6.61 Å². The van der Waals surface area contributed by atoms with Gasteiger partial charge >= 0.3 is 6.09 Å². The summed E-state index contributed by atoms with van der Waals surface area (Å²) in [4.78, 5) is 14.8. The molecule has 0 aliphatic heterocycles. The third kappa shape index (κ3) is 3.84. The molecule has 1 aromatic rings. The number of nitrogens with zero attached hydrogens (tertiary/aromatic N) is 1. The van der Waals surface area contributed by atoms with Gasteiger partial charge in [-0.1, -0.05) is 0 Å². The van der Waals surface area contributed by atoms with Crippen molar-refractivity contribution >= 4 is 38.0 Å². The lowest BCUT2D eigenvalue weighted by Crippen LogP contribution is -2.39. The smallest absolute Gasteiger partial charge is 0.405 e. The van der Waals surface area contributed by atoms with E-state index < -0.39 is 6.09 Å². The Labute approximate surface area is 121 Å². The van der Waals surface area contributed by atoms with Gasteiger partial charge in [0.25, 0.3) is 0 Å². The topological polar surface area (TPSA) is 71.5 Å². The highest BCUT2D eigenvalue weighted by Gasteiger charge is 2.33. The minimum absolute atomic E-state index is 0.167. The van der Waals surface area contributed by atoms with E-state index in [2.05, 4.69) is 42.2 Å². The fourth-order valence-corrected chi connectivity index (χ4v) is 2.73. The fraction of sp³-hybridized carbons (Fsp3) is 0.455. The zero-order valence-corrected chi connectivity index (χ0v) is 12.6. The molecule has 0 unspecified atom stereocenters. The molecule has 1 heterocycles. The third-order valence-corrected chi connectivity index (χ3v) is 3.68. The number of hydrogen-bond acceptors (Lipinski definition) is 3. The standard InChI is InChI=1S/C11H12Br2N2O3/c12-7-3-8(13)10(14-4-7)18-5-9(6-1-2-6)15-11(16)17/h3-4,6,9,15H,1-2,5H2,(H,16,17)/t9-/m1/s1. The van der Waals surface area contributed by atoms with Gasteiger partial charge in [0.15, 0.2) is 0 Å². The van der Waals surface area contributed by atoms with Crippen molar-refractivity contribution in [1.29, 1.82) is 0 Å². The summed E-state index contributed by atoms with van der Waals surface area (Å²) in [6, 6.07) is 1.67. The maximum atomic E-state index is 10.7. The van der Waals surface area contributed by atoms with Crippen LogP contribution < -0.4 is 10.1 Å². The average Bonchev–Trinajstić information content (AvgIpc) is 3.09. The molecular weight excluding hydrogens is 368 g/mol. The van der Waals surface area contributed by atoms with Crippen molar-refractivity contribution in [2.24, 2.45) is 5.92 Å². The lowest BCUT2D eigenvalue weighted by molar-refractivity contribution is 0.176. The second-order valence-electron chi connectivity index (χ2n) is 4.14. The van der Waals surface area contributed by atoms with Crippen LogP contribution in [0.2, 0.25) is 0 Å². The monoisotopic (exact) mass is 378 g/mol. The molecule has 5 nitrogen and oxygen atoms in total. The van der Waals surface area contributed by atoms with Crippen LogP contribution in [-0.2, 0) is 0 Å². The number of rotatable bonds is 5. The first-order valence-electron chi connectivity index (χ1n) is 5.49. The van der Waals surface area contributed by atoms with Crippen molar-refractivity contribution in [3.8, 4) is 5.88 Å². The number of carbonyl (C=O) groups is 1. The number of halogens is 2. The van der Waals surface area contributed by atoms with Gasteiger partial charge in [0, 0.05) is 10.7 Å². The van der Waals surface area contributed by atoms with Crippen molar-refractivity contribution in [3.05, 3.63) is 21.2 Å². The van der Waals surface area contributed by atoms with E-state index >= 15 is 0 Å². The van der Waals surface area contributed by atoms with Gasteiger partial charge in [-0.05, 0) is 56.7 Å². The summed E-state index contributed by atoms with van der Waals surface area (Å²) in [6.45, 7) is 0.296. The molecule has 2 N–H and O–H groups in total. The Hall–Kier alpha value is -0.820. The number of pyridine rings is 1. The summed E-state index contributed by atoms with van der Waals surface area (Å²) in [6.07, 6.45) is 2.71.